The van der Waals surface area contributed by atoms with Crippen LogP contribution in [0.1, 0.15) is 19.4 Å². The van der Waals surface area contributed by atoms with Crippen LogP contribution < -0.4 is 5.32 Å². The van der Waals surface area contributed by atoms with E-state index in [-0.39, 0.29) is 18.2 Å². The monoisotopic (exact) mass is 261 g/mol. The fourth-order valence-electron chi connectivity index (χ4n) is 1.14. The second-order valence-electron chi connectivity index (χ2n) is 4.19. The highest BCUT2D eigenvalue weighted by Crippen LogP contribution is 2.29. The molecule has 0 bridgehead atoms. The SMILES string of the molecule is CC(C)COC(=O)Nc1ccc(C(F)(F)F)cc1. The van der Waals surface area contributed by atoms with E-state index in [0.29, 0.717) is 0 Å². The zero-order valence-corrected chi connectivity index (χ0v) is 10.0. The number of hydrogen-bond donors (Lipinski definition) is 1. The van der Waals surface area contributed by atoms with Crippen molar-refractivity contribution in [1.29, 1.82) is 0 Å². The van der Waals surface area contributed by atoms with Crippen LogP contribution in [0.5, 0.6) is 0 Å². The lowest BCUT2D eigenvalue weighted by atomic mass is 10.2. The molecule has 0 unspecified atom stereocenters. The second-order valence-corrected chi connectivity index (χ2v) is 4.19. The first-order valence-electron chi connectivity index (χ1n) is 5.40. The number of amides is 1. The molecule has 0 saturated heterocycles. The van der Waals surface area contributed by atoms with Gasteiger partial charge in [-0.05, 0) is 30.2 Å². The predicted octanol–water partition coefficient (Wildman–Crippen LogP) is 3.91. The zero-order chi connectivity index (χ0) is 13.8. The molecule has 1 aromatic rings. The molecule has 3 nitrogen and oxygen atoms in total. The van der Waals surface area contributed by atoms with E-state index in [1.165, 1.54) is 12.1 Å². The van der Waals surface area contributed by atoms with Gasteiger partial charge >= 0.3 is 12.3 Å². The first-order chi connectivity index (χ1) is 8.29. The molecule has 6 heteroatoms. The predicted molar refractivity (Wildman–Crippen MR) is 61.3 cm³/mol. The Labute approximate surface area is 103 Å². The van der Waals surface area contributed by atoms with E-state index >= 15 is 0 Å². The smallest absolute Gasteiger partial charge is 0.416 e. The van der Waals surface area contributed by atoms with Crippen LogP contribution >= 0.6 is 0 Å². The number of alkyl halides is 3. The van der Waals surface area contributed by atoms with Gasteiger partial charge in [-0.25, -0.2) is 4.79 Å². The molecule has 0 spiro atoms. The van der Waals surface area contributed by atoms with Crippen molar-refractivity contribution in [3.05, 3.63) is 29.8 Å². The highest BCUT2D eigenvalue weighted by Gasteiger charge is 2.29. The van der Waals surface area contributed by atoms with Gasteiger partial charge in [0.05, 0.1) is 12.2 Å². The van der Waals surface area contributed by atoms with Crippen LogP contribution in [0, 0.1) is 5.92 Å². The van der Waals surface area contributed by atoms with Crippen molar-refractivity contribution >= 4 is 11.8 Å². The number of halogens is 3. The summed E-state index contributed by atoms with van der Waals surface area (Å²) in [6.07, 6.45) is -5.06. The maximum atomic E-state index is 12.3. The summed E-state index contributed by atoms with van der Waals surface area (Å²) >= 11 is 0. The quantitative estimate of drug-likeness (QED) is 0.895. The maximum absolute atomic E-state index is 12.3. The fraction of sp³-hybridized carbons (Fsp3) is 0.417. The summed E-state index contributed by atoms with van der Waals surface area (Å²) in [6.45, 7) is 4.02. The number of hydrogen-bond acceptors (Lipinski definition) is 2. The molecule has 0 aliphatic heterocycles. The van der Waals surface area contributed by atoms with Crippen molar-refractivity contribution in [1.82, 2.24) is 0 Å². The van der Waals surface area contributed by atoms with Crippen LogP contribution in [-0.2, 0) is 10.9 Å². The third-order valence-electron chi connectivity index (χ3n) is 2.01. The van der Waals surface area contributed by atoms with Gasteiger partial charge in [0.25, 0.3) is 0 Å². The first kappa shape index (κ1) is 14.3. The average Bonchev–Trinajstić information content (AvgIpc) is 2.26. The van der Waals surface area contributed by atoms with Crippen molar-refractivity contribution in [2.75, 3.05) is 11.9 Å². The highest BCUT2D eigenvalue weighted by atomic mass is 19.4. The second kappa shape index (κ2) is 5.75. The minimum absolute atomic E-state index is 0.198. The van der Waals surface area contributed by atoms with Crippen LogP contribution in [0.25, 0.3) is 0 Å². The molecule has 0 atom stereocenters. The molecule has 1 N–H and O–H groups in total. The Hall–Kier alpha value is -1.72. The number of ether oxygens (including phenoxy) is 1. The fourth-order valence-corrected chi connectivity index (χ4v) is 1.14. The molecule has 18 heavy (non-hydrogen) atoms. The van der Waals surface area contributed by atoms with Gasteiger partial charge in [-0.15, -0.1) is 0 Å². The Morgan fingerprint density at radius 1 is 1.28 bits per heavy atom. The number of carbonyl (C=O) groups excluding carboxylic acids is 1. The van der Waals surface area contributed by atoms with E-state index in [4.69, 9.17) is 4.74 Å². The molecule has 0 aliphatic carbocycles. The van der Waals surface area contributed by atoms with E-state index in [2.05, 4.69) is 5.32 Å². The van der Waals surface area contributed by atoms with E-state index in [1.807, 2.05) is 13.8 Å². The van der Waals surface area contributed by atoms with Gasteiger partial charge in [0, 0.05) is 5.69 Å². The molecule has 100 valence electrons. The molecule has 0 aliphatic rings. The van der Waals surface area contributed by atoms with Gasteiger partial charge in [0.1, 0.15) is 0 Å². The molecule has 0 heterocycles. The molecule has 1 amide bonds. The maximum Gasteiger partial charge on any atom is 0.416 e. The van der Waals surface area contributed by atoms with Crippen LogP contribution in [0.15, 0.2) is 24.3 Å². The summed E-state index contributed by atoms with van der Waals surface area (Å²) in [4.78, 5) is 11.2. The largest absolute Gasteiger partial charge is 0.449 e. The van der Waals surface area contributed by atoms with Crippen molar-refractivity contribution < 1.29 is 22.7 Å². The summed E-state index contributed by atoms with van der Waals surface area (Å²) in [7, 11) is 0. The lowest BCUT2D eigenvalue weighted by molar-refractivity contribution is -0.137. The zero-order valence-electron chi connectivity index (χ0n) is 10.0. The number of nitrogens with one attached hydrogen (secondary N) is 1. The number of anilines is 1. The van der Waals surface area contributed by atoms with Crippen molar-refractivity contribution in [2.45, 2.75) is 20.0 Å². The van der Waals surface area contributed by atoms with E-state index in [1.54, 1.807) is 0 Å². The molecular weight excluding hydrogens is 247 g/mol. The molecule has 0 aromatic heterocycles. The van der Waals surface area contributed by atoms with Gasteiger partial charge in [0.15, 0.2) is 0 Å². The minimum atomic E-state index is -4.38. The van der Waals surface area contributed by atoms with E-state index < -0.39 is 17.8 Å². The Morgan fingerprint density at radius 2 is 1.83 bits per heavy atom. The lowest BCUT2D eigenvalue weighted by Gasteiger charge is -2.10. The number of carbonyl (C=O) groups is 1. The molecular formula is C12H14F3NO2. The van der Waals surface area contributed by atoms with Crippen LogP contribution in [0.2, 0.25) is 0 Å². The Bertz CT molecular complexity index is 399. The Kier molecular flexibility index (Phi) is 4.58. The van der Waals surface area contributed by atoms with E-state index in [0.717, 1.165) is 12.1 Å². The van der Waals surface area contributed by atoms with Gasteiger partial charge in [0.2, 0.25) is 0 Å². The lowest BCUT2D eigenvalue weighted by Crippen LogP contribution is -2.16. The van der Waals surface area contributed by atoms with Gasteiger partial charge in [-0.2, -0.15) is 13.2 Å². The van der Waals surface area contributed by atoms with Crippen LogP contribution in [0.4, 0.5) is 23.7 Å². The Balaban J connectivity index is 2.56. The minimum Gasteiger partial charge on any atom is -0.449 e. The van der Waals surface area contributed by atoms with Crippen molar-refractivity contribution in [2.24, 2.45) is 5.92 Å². The standard InChI is InChI=1S/C12H14F3NO2/c1-8(2)7-18-11(17)16-10-5-3-9(4-6-10)12(13,14)15/h3-6,8H,7H2,1-2H3,(H,16,17). The highest BCUT2D eigenvalue weighted by molar-refractivity contribution is 5.84. The topological polar surface area (TPSA) is 38.3 Å². The Morgan fingerprint density at radius 3 is 2.28 bits per heavy atom. The van der Waals surface area contributed by atoms with Gasteiger partial charge in [-0.3, -0.25) is 5.32 Å². The third-order valence-corrected chi connectivity index (χ3v) is 2.01. The normalized spacial score (nSPS) is 11.4. The van der Waals surface area contributed by atoms with E-state index in [9.17, 15) is 18.0 Å². The summed E-state index contributed by atoms with van der Waals surface area (Å²) in [6, 6.07) is 4.16. The first-order valence-corrected chi connectivity index (χ1v) is 5.40. The van der Waals surface area contributed by atoms with Crippen molar-refractivity contribution in [3.63, 3.8) is 0 Å². The summed E-state index contributed by atoms with van der Waals surface area (Å²) in [5.74, 6) is 0.198. The van der Waals surface area contributed by atoms with Gasteiger partial charge in [-0.1, -0.05) is 13.8 Å². The van der Waals surface area contributed by atoms with Crippen LogP contribution in [0.3, 0.4) is 0 Å². The average molecular weight is 261 g/mol. The summed E-state index contributed by atoms with van der Waals surface area (Å²) in [5, 5.41) is 2.35. The summed E-state index contributed by atoms with van der Waals surface area (Å²) in [5.41, 5.74) is -0.500. The molecule has 0 saturated carbocycles. The molecule has 1 aromatic carbocycles. The summed E-state index contributed by atoms with van der Waals surface area (Å²) < 4.78 is 41.7. The number of rotatable bonds is 3. The van der Waals surface area contributed by atoms with Crippen molar-refractivity contribution in [3.8, 4) is 0 Å². The third kappa shape index (κ3) is 4.65. The van der Waals surface area contributed by atoms with Gasteiger partial charge < -0.3 is 4.74 Å². The van der Waals surface area contributed by atoms with Crippen LogP contribution in [-0.4, -0.2) is 12.7 Å². The number of benzene rings is 1. The molecule has 0 radical (unpaired) electrons. The molecule has 1 rings (SSSR count). The molecule has 0 fully saturated rings.